The topological polar surface area (TPSA) is 153 Å². The molecule has 2 N–H and O–H groups in total. The molecule has 0 saturated carbocycles. The quantitative estimate of drug-likeness (QED) is 0.0489. The normalized spacial score (nSPS) is 12.3. The number of anilines is 1. The van der Waals surface area contributed by atoms with Gasteiger partial charge in [0.05, 0.1) is 25.8 Å². The number of carbonyl (C=O) groups is 1. The molecule has 0 radical (unpaired) electrons. The monoisotopic (exact) mass is 854 g/mol. The Morgan fingerprint density at radius 1 is 0.976 bits per heavy atom. The molecule has 1 atom stereocenters. The molecule has 0 bridgehead atoms. The third-order valence-electron chi connectivity index (χ3n) is 5.63. The third-order valence-corrected chi connectivity index (χ3v) is 12.2. The fraction of sp³-hybridized carbons (Fsp3) is 0.250. The lowest BCUT2D eigenvalue weighted by molar-refractivity contribution is -0.145. The second kappa shape index (κ2) is 14.5. The van der Waals surface area contributed by atoms with Gasteiger partial charge in [-0.3, -0.25) is 4.21 Å². The summed E-state index contributed by atoms with van der Waals surface area (Å²) in [5, 5.41) is 28.5. The highest BCUT2D eigenvalue weighted by atomic mass is 79.9. The molecule has 0 aliphatic heterocycles. The molecule has 0 fully saturated rings. The smallest absolute Gasteiger partial charge is 0.335 e. The van der Waals surface area contributed by atoms with Crippen LogP contribution >= 0.6 is 75.1 Å². The average molecular weight is 858 g/mol. The van der Waals surface area contributed by atoms with Gasteiger partial charge in [-0.05, 0) is 101 Å². The van der Waals surface area contributed by atoms with E-state index in [-0.39, 0.29) is 18.7 Å². The van der Waals surface area contributed by atoms with Crippen molar-refractivity contribution in [2.24, 2.45) is 10.2 Å². The van der Waals surface area contributed by atoms with Crippen LogP contribution < -0.4 is 9.74 Å². The van der Waals surface area contributed by atoms with Crippen LogP contribution in [-0.4, -0.2) is 53.5 Å². The third kappa shape index (κ3) is 8.14. The number of hydrogen-bond acceptors (Lipinski definition) is 11. The summed E-state index contributed by atoms with van der Waals surface area (Å²) in [4.78, 5) is 23.9. The largest absolute Gasteiger partial charge is 0.772 e. The minimum absolute atomic E-state index is 0.0498. The van der Waals surface area contributed by atoms with Crippen LogP contribution in [0.2, 0.25) is 0 Å². The number of carbonyl (C=O) groups excluding carboxylic acids is 1. The van der Waals surface area contributed by atoms with E-state index in [4.69, 9.17) is 4.84 Å². The number of hydrogen-bond donors (Lipinski definition) is 2. The van der Waals surface area contributed by atoms with Crippen LogP contribution in [-0.2, 0) is 15.9 Å². The van der Waals surface area contributed by atoms with Crippen molar-refractivity contribution < 1.29 is 28.6 Å². The molecular formula is C24H20Br4N5O6S2-. The molecule has 0 amide bonds. The van der Waals surface area contributed by atoms with Crippen molar-refractivity contribution in [3.63, 3.8) is 0 Å². The van der Waals surface area contributed by atoms with Gasteiger partial charge in [-0.15, -0.1) is 15.0 Å². The van der Waals surface area contributed by atoms with Crippen LogP contribution in [0.3, 0.4) is 0 Å². The highest BCUT2D eigenvalue weighted by Gasteiger charge is 2.18. The van der Waals surface area contributed by atoms with Crippen LogP contribution in [0.15, 0.2) is 64.5 Å². The summed E-state index contributed by atoms with van der Waals surface area (Å²) in [6.45, 7) is 0.746. The molecule has 2 aromatic carbocycles. The van der Waals surface area contributed by atoms with E-state index in [0.717, 1.165) is 33.8 Å². The van der Waals surface area contributed by atoms with E-state index in [1.54, 1.807) is 12.1 Å². The van der Waals surface area contributed by atoms with Gasteiger partial charge in [0.2, 0.25) is 16.9 Å². The van der Waals surface area contributed by atoms with Crippen molar-refractivity contribution in [1.82, 2.24) is 9.71 Å². The second-order valence-corrected chi connectivity index (χ2v) is 13.6. The Morgan fingerprint density at radius 3 is 2.29 bits per heavy atom. The number of rotatable bonds is 12. The number of nitrogens with zero attached hydrogens (tertiary/aromatic N) is 5. The Kier molecular flexibility index (Phi) is 11.3. The van der Waals surface area contributed by atoms with Gasteiger partial charge in [-0.2, -0.15) is 0 Å². The molecular weight excluding hydrogens is 838 g/mol. The zero-order valence-corrected chi connectivity index (χ0v) is 28.8. The van der Waals surface area contributed by atoms with Gasteiger partial charge in [0, 0.05) is 45.6 Å². The molecule has 41 heavy (non-hydrogen) atoms. The maximum Gasteiger partial charge on any atom is 0.335 e. The highest BCUT2D eigenvalue weighted by molar-refractivity contribution is 9.15. The standard InChI is InChI=1S/C24H21Br4N5O6S2/c25-18-19(26)21(28)23-22(20(18)27)29-24(40-23)31-30-13-3-5-14(6-4-13)32(10-1-2-12-41(37)38)11-9-17(36)39-33-15(34)7-8-16(33)35/h3-8,34-35H,1-2,9-12H2,(H,37,38)/p-1. The fourth-order valence-electron chi connectivity index (χ4n) is 3.64. The molecule has 11 nitrogen and oxygen atoms in total. The van der Waals surface area contributed by atoms with E-state index in [1.165, 1.54) is 23.5 Å². The summed E-state index contributed by atoms with van der Waals surface area (Å²) in [6.07, 6.45) is 0.996. The summed E-state index contributed by atoms with van der Waals surface area (Å²) >= 11 is 13.5. The van der Waals surface area contributed by atoms with Crippen molar-refractivity contribution in [2.75, 3.05) is 23.7 Å². The zero-order valence-electron chi connectivity index (χ0n) is 20.8. The van der Waals surface area contributed by atoms with Gasteiger partial charge < -0.3 is 24.5 Å². The Hall–Kier alpha value is -1.89. The number of aromatic hydroxyl groups is 2. The van der Waals surface area contributed by atoms with Crippen molar-refractivity contribution in [1.29, 1.82) is 0 Å². The Bertz CT molecular complexity index is 1550. The Morgan fingerprint density at radius 2 is 1.63 bits per heavy atom. The van der Waals surface area contributed by atoms with Gasteiger partial charge in [-0.1, -0.05) is 22.4 Å². The lowest BCUT2D eigenvalue weighted by Gasteiger charge is -2.24. The van der Waals surface area contributed by atoms with Gasteiger partial charge in [0.1, 0.15) is 5.52 Å². The molecule has 1 unspecified atom stereocenters. The lowest BCUT2D eigenvalue weighted by atomic mass is 10.2. The summed E-state index contributed by atoms with van der Waals surface area (Å²) in [6, 6.07) is 9.60. The highest BCUT2D eigenvalue weighted by Crippen LogP contribution is 2.46. The molecule has 2 heterocycles. The molecule has 0 saturated heterocycles. The predicted molar refractivity (Wildman–Crippen MR) is 170 cm³/mol. The van der Waals surface area contributed by atoms with Gasteiger partial charge in [0.25, 0.3) is 0 Å². The molecule has 0 aliphatic rings. The SMILES string of the molecule is O=C(CCN(CCCCS(=O)[O-])c1ccc(N=Nc2nc3c(Br)c(Br)c(Br)c(Br)c3s2)cc1)On1c(O)ccc1O. The average Bonchev–Trinajstić information content (AvgIpc) is 3.52. The molecule has 4 aromatic rings. The molecule has 218 valence electrons. The molecule has 2 aromatic heterocycles. The zero-order chi connectivity index (χ0) is 29.7. The van der Waals surface area contributed by atoms with Crippen molar-refractivity contribution in [2.45, 2.75) is 19.3 Å². The number of azo groups is 1. The number of aromatic nitrogens is 2. The maximum atomic E-state index is 12.4. The molecule has 17 heteroatoms. The van der Waals surface area contributed by atoms with Gasteiger partial charge >= 0.3 is 5.97 Å². The number of halogens is 4. The summed E-state index contributed by atoms with van der Waals surface area (Å²) in [5.74, 6) is -1.44. The van der Waals surface area contributed by atoms with Gasteiger partial charge in [-0.25, -0.2) is 9.78 Å². The Labute approximate surface area is 274 Å². The number of benzene rings is 2. The molecule has 0 spiro atoms. The van der Waals surface area contributed by atoms with Crippen molar-refractivity contribution in [3.8, 4) is 11.8 Å². The number of thiazole rings is 1. The first kappa shape index (κ1) is 32.0. The molecule has 4 rings (SSSR count). The van der Waals surface area contributed by atoms with Crippen LogP contribution in [0, 0.1) is 0 Å². The van der Waals surface area contributed by atoms with E-state index in [2.05, 4.69) is 78.9 Å². The van der Waals surface area contributed by atoms with E-state index in [0.29, 0.717) is 34.9 Å². The maximum absolute atomic E-state index is 12.4. The number of unbranched alkanes of at least 4 members (excludes halogenated alkanes) is 1. The van der Waals surface area contributed by atoms with E-state index in [1.807, 2.05) is 17.0 Å². The van der Waals surface area contributed by atoms with Crippen LogP contribution in [0.1, 0.15) is 19.3 Å². The van der Waals surface area contributed by atoms with E-state index in [9.17, 15) is 23.8 Å². The summed E-state index contributed by atoms with van der Waals surface area (Å²) < 4.78 is 26.7. The van der Waals surface area contributed by atoms with E-state index >= 15 is 0 Å². The summed E-state index contributed by atoms with van der Waals surface area (Å²) in [5.41, 5.74) is 2.13. The number of fused-ring (bicyclic) bond motifs is 1. The fourth-order valence-corrected chi connectivity index (χ4v) is 7.61. The van der Waals surface area contributed by atoms with Crippen molar-refractivity contribution in [3.05, 3.63) is 54.3 Å². The van der Waals surface area contributed by atoms with Gasteiger partial charge in [0.15, 0.2) is 0 Å². The van der Waals surface area contributed by atoms with E-state index < -0.39 is 28.8 Å². The minimum Gasteiger partial charge on any atom is -0.772 e. The minimum atomic E-state index is -2.12. The first-order chi connectivity index (χ1) is 19.5. The van der Waals surface area contributed by atoms with Crippen LogP contribution in [0.25, 0.3) is 10.2 Å². The summed E-state index contributed by atoms with van der Waals surface area (Å²) in [7, 11) is 0. The molecule has 0 aliphatic carbocycles. The first-order valence-corrected chi connectivity index (χ1v) is 17.0. The predicted octanol–water partition coefficient (Wildman–Crippen LogP) is 7.49. The van der Waals surface area contributed by atoms with Crippen molar-refractivity contribution >= 4 is 119 Å². The van der Waals surface area contributed by atoms with Crippen LogP contribution in [0.4, 0.5) is 16.5 Å². The second-order valence-electron chi connectivity index (χ2n) is 8.41. The first-order valence-electron chi connectivity index (χ1n) is 11.8. The Balaban J connectivity index is 1.45. The van der Waals surface area contributed by atoms with Crippen LogP contribution in [0.5, 0.6) is 11.8 Å². The lowest BCUT2D eigenvalue weighted by Crippen LogP contribution is -2.30.